The highest BCUT2D eigenvalue weighted by atomic mass is 16.5. The number of rotatable bonds is 3. The molecule has 0 saturated heterocycles. The number of pyridine rings is 2. The first-order valence-corrected chi connectivity index (χ1v) is 6.18. The molecule has 0 fully saturated rings. The van der Waals surface area contributed by atoms with Crippen molar-refractivity contribution in [2.45, 2.75) is 13.5 Å². The van der Waals surface area contributed by atoms with Crippen LogP contribution in [0.1, 0.15) is 11.3 Å². The van der Waals surface area contributed by atoms with Gasteiger partial charge in [-0.3, -0.25) is 9.97 Å². The van der Waals surface area contributed by atoms with E-state index in [-0.39, 0.29) is 0 Å². The molecule has 0 bridgehead atoms. The van der Waals surface area contributed by atoms with Crippen LogP contribution in [0.5, 0.6) is 0 Å². The Bertz CT molecular complexity index is 738. The van der Waals surface area contributed by atoms with Gasteiger partial charge in [0.05, 0.1) is 5.69 Å². The second-order valence-electron chi connectivity index (χ2n) is 4.35. The molecule has 2 N–H and O–H groups in total. The SMILES string of the molecule is Cc1ccncc1-c1noc(-c2ccnc(CN)c2)n1. The zero-order valence-corrected chi connectivity index (χ0v) is 10.9. The molecule has 3 rings (SSSR count). The number of nitrogens with zero attached hydrogens (tertiary/aromatic N) is 4. The Kier molecular flexibility index (Phi) is 3.22. The van der Waals surface area contributed by atoms with Crippen LogP contribution in [0.4, 0.5) is 0 Å². The molecule has 0 aromatic carbocycles. The smallest absolute Gasteiger partial charge is 0.258 e. The van der Waals surface area contributed by atoms with Gasteiger partial charge in [-0.25, -0.2) is 0 Å². The van der Waals surface area contributed by atoms with Gasteiger partial charge in [0.2, 0.25) is 5.82 Å². The van der Waals surface area contributed by atoms with Crippen LogP contribution in [0.25, 0.3) is 22.8 Å². The highest BCUT2D eigenvalue weighted by Gasteiger charge is 2.12. The summed E-state index contributed by atoms with van der Waals surface area (Å²) in [7, 11) is 0. The Morgan fingerprint density at radius 3 is 2.95 bits per heavy atom. The van der Waals surface area contributed by atoms with Crippen molar-refractivity contribution in [1.82, 2.24) is 20.1 Å². The fourth-order valence-corrected chi connectivity index (χ4v) is 1.87. The maximum absolute atomic E-state index is 5.58. The van der Waals surface area contributed by atoms with Gasteiger partial charge in [0.25, 0.3) is 5.89 Å². The summed E-state index contributed by atoms with van der Waals surface area (Å²) in [6, 6.07) is 5.56. The van der Waals surface area contributed by atoms with E-state index in [1.807, 2.05) is 25.1 Å². The highest BCUT2D eigenvalue weighted by molar-refractivity contribution is 5.61. The molecule has 3 aromatic heterocycles. The third kappa shape index (κ3) is 2.28. The molecule has 6 heteroatoms. The maximum atomic E-state index is 5.58. The average Bonchev–Trinajstić information content (AvgIpc) is 2.97. The van der Waals surface area contributed by atoms with Gasteiger partial charge in [0.1, 0.15) is 0 Å². The Balaban J connectivity index is 2.00. The van der Waals surface area contributed by atoms with Crippen LogP contribution in [0.3, 0.4) is 0 Å². The maximum Gasteiger partial charge on any atom is 0.258 e. The van der Waals surface area contributed by atoms with E-state index >= 15 is 0 Å². The third-order valence-corrected chi connectivity index (χ3v) is 2.98. The van der Waals surface area contributed by atoms with Crippen molar-refractivity contribution in [3.63, 3.8) is 0 Å². The largest absolute Gasteiger partial charge is 0.334 e. The minimum absolute atomic E-state index is 0.372. The summed E-state index contributed by atoms with van der Waals surface area (Å²) < 4.78 is 5.30. The first-order chi connectivity index (χ1) is 9.78. The molecule has 3 aromatic rings. The van der Waals surface area contributed by atoms with E-state index in [0.29, 0.717) is 18.3 Å². The van der Waals surface area contributed by atoms with Gasteiger partial charge in [-0.15, -0.1) is 0 Å². The van der Waals surface area contributed by atoms with E-state index in [9.17, 15) is 0 Å². The predicted molar refractivity (Wildman–Crippen MR) is 73.4 cm³/mol. The van der Waals surface area contributed by atoms with Crippen molar-refractivity contribution in [2.75, 3.05) is 0 Å². The number of nitrogens with two attached hydrogens (primary N) is 1. The summed E-state index contributed by atoms with van der Waals surface area (Å²) in [5, 5.41) is 4.00. The summed E-state index contributed by atoms with van der Waals surface area (Å²) >= 11 is 0. The predicted octanol–water partition coefficient (Wildman–Crippen LogP) is 1.96. The monoisotopic (exact) mass is 267 g/mol. The minimum Gasteiger partial charge on any atom is -0.334 e. The number of aromatic nitrogens is 4. The van der Waals surface area contributed by atoms with E-state index in [0.717, 1.165) is 22.4 Å². The first kappa shape index (κ1) is 12.4. The van der Waals surface area contributed by atoms with Crippen molar-refractivity contribution < 1.29 is 4.52 Å². The second-order valence-corrected chi connectivity index (χ2v) is 4.35. The van der Waals surface area contributed by atoms with E-state index in [2.05, 4.69) is 20.1 Å². The molecule has 3 heterocycles. The lowest BCUT2D eigenvalue weighted by molar-refractivity contribution is 0.432. The molecular formula is C14H13N5O. The standard InChI is InChI=1S/C14H13N5O/c1-9-2-4-16-8-12(9)13-18-14(20-19-13)10-3-5-17-11(6-10)7-15/h2-6,8H,7,15H2,1H3. The van der Waals surface area contributed by atoms with Crippen LogP contribution < -0.4 is 5.73 Å². The lowest BCUT2D eigenvalue weighted by atomic mass is 10.1. The van der Waals surface area contributed by atoms with Gasteiger partial charge >= 0.3 is 0 Å². The van der Waals surface area contributed by atoms with Crippen molar-refractivity contribution >= 4 is 0 Å². The lowest BCUT2D eigenvalue weighted by Crippen LogP contribution is -1.98. The van der Waals surface area contributed by atoms with Crippen molar-refractivity contribution in [2.24, 2.45) is 5.73 Å². The molecule has 0 radical (unpaired) electrons. The van der Waals surface area contributed by atoms with Crippen LogP contribution in [0.2, 0.25) is 0 Å². The fourth-order valence-electron chi connectivity index (χ4n) is 1.87. The Labute approximate surface area is 115 Å². The van der Waals surface area contributed by atoms with Gasteiger partial charge < -0.3 is 10.3 Å². The van der Waals surface area contributed by atoms with Crippen LogP contribution in [0.15, 0.2) is 41.3 Å². The molecule has 0 spiro atoms. The molecule has 100 valence electrons. The fraction of sp³-hybridized carbons (Fsp3) is 0.143. The summed E-state index contributed by atoms with van der Waals surface area (Å²) in [6.07, 6.45) is 5.13. The van der Waals surface area contributed by atoms with E-state index in [1.165, 1.54) is 0 Å². The van der Waals surface area contributed by atoms with Gasteiger partial charge in [-0.2, -0.15) is 4.98 Å². The van der Waals surface area contributed by atoms with Gasteiger partial charge in [-0.1, -0.05) is 5.16 Å². The highest BCUT2D eigenvalue weighted by Crippen LogP contribution is 2.23. The zero-order valence-electron chi connectivity index (χ0n) is 10.9. The zero-order chi connectivity index (χ0) is 13.9. The molecule has 0 aliphatic rings. The summed E-state index contributed by atoms with van der Waals surface area (Å²) in [5.41, 5.74) is 9.06. The lowest BCUT2D eigenvalue weighted by Gasteiger charge is -1.98. The van der Waals surface area contributed by atoms with Crippen LogP contribution in [-0.4, -0.2) is 20.1 Å². The molecule has 0 unspecified atom stereocenters. The molecule has 0 atom stereocenters. The molecule has 20 heavy (non-hydrogen) atoms. The average molecular weight is 267 g/mol. The van der Waals surface area contributed by atoms with Gasteiger partial charge in [0.15, 0.2) is 0 Å². The summed E-state index contributed by atoms with van der Waals surface area (Å²) in [6.45, 7) is 2.35. The molecule has 0 amide bonds. The number of aryl methyl sites for hydroxylation is 1. The molecule has 6 nitrogen and oxygen atoms in total. The topological polar surface area (TPSA) is 90.7 Å². The second kappa shape index (κ2) is 5.18. The van der Waals surface area contributed by atoms with E-state index < -0.39 is 0 Å². The molecular weight excluding hydrogens is 254 g/mol. The quantitative estimate of drug-likeness (QED) is 0.780. The first-order valence-electron chi connectivity index (χ1n) is 6.18. The molecule has 0 saturated carbocycles. The minimum atomic E-state index is 0.372. The Morgan fingerprint density at radius 1 is 1.25 bits per heavy atom. The number of hydrogen-bond donors (Lipinski definition) is 1. The Morgan fingerprint density at radius 2 is 2.15 bits per heavy atom. The van der Waals surface area contributed by atoms with E-state index in [4.69, 9.17) is 10.3 Å². The third-order valence-electron chi connectivity index (χ3n) is 2.98. The Hall–Kier alpha value is -2.60. The van der Waals surface area contributed by atoms with Crippen LogP contribution in [0, 0.1) is 6.92 Å². The van der Waals surface area contributed by atoms with Crippen LogP contribution in [-0.2, 0) is 6.54 Å². The molecule has 0 aliphatic carbocycles. The summed E-state index contributed by atoms with van der Waals surface area (Å²) in [5.74, 6) is 0.970. The summed E-state index contributed by atoms with van der Waals surface area (Å²) in [4.78, 5) is 12.6. The molecule has 0 aliphatic heterocycles. The van der Waals surface area contributed by atoms with Crippen molar-refractivity contribution in [3.05, 3.63) is 48.0 Å². The van der Waals surface area contributed by atoms with Crippen molar-refractivity contribution in [1.29, 1.82) is 0 Å². The van der Waals surface area contributed by atoms with Gasteiger partial charge in [-0.05, 0) is 30.7 Å². The number of hydrogen-bond acceptors (Lipinski definition) is 6. The normalized spacial score (nSPS) is 10.7. The van der Waals surface area contributed by atoms with Crippen molar-refractivity contribution in [3.8, 4) is 22.8 Å². The van der Waals surface area contributed by atoms with Crippen LogP contribution >= 0.6 is 0 Å². The van der Waals surface area contributed by atoms with E-state index in [1.54, 1.807) is 18.6 Å². The van der Waals surface area contributed by atoms with Gasteiger partial charge in [0, 0.05) is 36.3 Å².